The minimum Gasteiger partial charge on any atom is -0.453 e. The van der Waals surface area contributed by atoms with Gasteiger partial charge in [0.1, 0.15) is 18.8 Å². The molecule has 146 valence electrons. The molecule has 5 atom stereocenters. The zero-order chi connectivity index (χ0) is 19.0. The molecule has 1 saturated heterocycles. The van der Waals surface area contributed by atoms with Crippen LogP contribution in [-0.2, 0) is 19.0 Å². The van der Waals surface area contributed by atoms with Gasteiger partial charge in [-0.05, 0) is 25.2 Å². The largest absolute Gasteiger partial charge is 0.453 e. The van der Waals surface area contributed by atoms with Crippen molar-refractivity contribution >= 4 is 18.6 Å². The molecule has 0 amide bonds. The second-order valence-corrected chi connectivity index (χ2v) is 8.67. The van der Waals surface area contributed by atoms with Gasteiger partial charge in [0.15, 0.2) is 5.79 Å². The molecule has 5 fully saturated rings. The number of thiol groups is 1. The molecular weight excluding hydrogens is 390 g/mol. The fourth-order valence-corrected chi connectivity index (χ4v) is 5.94. The Hall–Kier alpha value is -0.680. The maximum absolute atomic E-state index is 13.6. The molecule has 4 nitrogen and oxygen atoms in total. The summed E-state index contributed by atoms with van der Waals surface area (Å²) in [5.41, 5.74) is -1.62. The van der Waals surface area contributed by atoms with E-state index in [-0.39, 0.29) is 18.3 Å². The van der Waals surface area contributed by atoms with Crippen molar-refractivity contribution < 1.29 is 45.3 Å². The Kier molecular flexibility index (Phi) is 2.90. The fraction of sp³-hybridized carbons (Fsp3) is 0.933. The van der Waals surface area contributed by atoms with Crippen molar-refractivity contribution in [1.82, 2.24) is 0 Å². The summed E-state index contributed by atoms with van der Waals surface area (Å²) in [6, 6.07) is 0. The van der Waals surface area contributed by atoms with Crippen LogP contribution in [0.4, 0.5) is 26.3 Å². The maximum atomic E-state index is 13.6. The standard InChI is InChI=1S/C15H14F6O4S/c16-12(17)4-23-14(24-5-13(12,18)19)6-1-10-3-11(10,2-7(14)8(6)10)25-9(22)15(20,21)26/h6-8,26H,1-5H2/t6?,7?,8-,10?,11?/m1/s1. The van der Waals surface area contributed by atoms with E-state index in [9.17, 15) is 31.1 Å². The second-order valence-electron chi connectivity index (χ2n) is 8.11. The molecule has 0 bridgehead atoms. The van der Waals surface area contributed by atoms with E-state index in [1.807, 2.05) is 0 Å². The fourth-order valence-electron chi connectivity index (χ4n) is 5.90. The van der Waals surface area contributed by atoms with Gasteiger partial charge in [-0.2, -0.15) is 26.3 Å². The van der Waals surface area contributed by atoms with Gasteiger partial charge in [0, 0.05) is 17.3 Å². The summed E-state index contributed by atoms with van der Waals surface area (Å²) in [7, 11) is 0. The van der Waals surface area contributed by atoms with Gasteiger partial charge in [-0.15, -0.1) is 0 Å². The summed E-state index contributed by atoms with van der Waals surface area (Å²) in [4.78, 5) is 11.5. The Balaban J connectivity index is 1.38. The van der Waals surface area contributed by atoms with Crippen molar-refractivity contribution in [3.63, 3.8) is 0 Å². The minimum absolute atomic E-state index is 0.0703. The highest BCUT2D eigenvalue weighted by Crippen LogP contribution is 2.91. The lowest BCUT2D eigenvalue weighted by atomic mass is 9.44. The average molecular weight is 404 g/mol. The molecule has 26 heavy (non-hydrogen) atoms. The highest BCUT2D eigenvalue weighted by molar-refractivity contribution is 7.82. The predicted molar refractivity (Wildman–Crippen MR) is 74.0 cm³/mol. The third kappa shape index (κ3) is 1.71. The molecule has 4 saturated carbocycles. The van der Waals surface area contributed by atoms with Crippen LogP contribution in [0.3, 0.4) is 0 Å². The molecule has 0 aromatic rings. The van der Waals surface area contributed by atoms with Crippen LogP contribution >= 0.6 is 12.6 Å². The Bertz CT molecular complexity index is 693. The lowest BCUT2D eigenvalue weighted by molar-refractivity contribution is -0.399. The zero-order valence-electron chi connectivity index (χ0n) is 13.1. The molecule has 4 aliphatic carbocycles. The first-order valence-electron chi connectivity index (χ1n) is 8.18. The number of carbonyl (C=O) groups is 1. The summed E-state index contributed by atoms with van der Waals surface area (Å²) in [6.07, 6.45) is 0.813. The Morgan fingerprint density at radius 1 is 1.04 bits per heavy atom. The van der Waals surface area contributed by atoms with E-state index in [0.717, 1.165) is 0 Å². The van der Waals surface area contributed by atoms with Crippen LogP contribution in [0, 0.1) is 23.2 Å². The van der Waals surface area contributed by atoms with Crippen molar-refractivity contribution in [3.8, 4) is 0 Å². The number of halogens is 6. The molecule has 2 spiro atoms. The van der Waals surface area contributed by atoms with E-state index >= 15 is 0 Å². The monoisotopic (exact) mass is 404 g/mol. The van der Waals surface area contributed by atoms with Gasteiger partial charge in [0.05, 0.1) is 0 Å². The van der Waals surface area contributed by atoms with Gasteiger partial charge in [0.2, 0.25) is 0 Å². The van der Waals surface area contributed by atoms with E-state index < -0.39 is 59.0 Å². The summed E-state index contributed by atoms with van der Waals surface area (Å²) in [5, 5.41) is -3.94. The smallest absolute Gasteiger partial charge is 0.388 e. The van der Waals surface area contributed by atoms with Crippen LogP contribution in [0.25, 0.3) is 0 Å². The quantitative estimate of drug-likeness (QED) is 0.437. The Morgan fingerprint density at radius 2 is 1.58 bits per heavy atom. The molecule has 4 unspecified atom stereocenters. The Morgan fingerprint density at radius 3 is 2.12 bits per heavy atom. The Labute approximate surface area is 148 Å². The van der Waals surface area contributed by atoms with E-state index in [1.165, 1.54) is 0 Å². The molecule has 0 aromatic carbocycles. The van der Waals surface area contributed by atoms with E-state index in [4.69, 9.17) is 14.2 Å². The number of ether oxygens (including phenoxy) is 3. The van der Waals surface area contributed by atoms with Crippen molar-refractivity contribution in [2.45, 2.75) is 47.8 Å². The molecule has 0 radical (unpaired) electrons. The highest BCUT2D eigenvalue weighted by atomic mass is 32.1. The topological polar surface area (TPSA) is 44.8 Å². The second kappa shape index (κ2) is 4.32. The van der Waals surface area contributed by atoms with Gasteiger partial charge in [-0.1, -0.05) is 12.6 Å². The average Bonchev–Trinajstić information content (AvgIpc) is 3.11. The molecule has 0 N–H and O–H groups in total. The number of fused-ring (bicyclic) bond motifs is 2. The minimum atomic E-state index is -4.36. The van der Waals surface area contributed by atoms with Crippen LogP contribution < -0.4 is 0 Å². The van der Waals surface area contributed by atoms with Gasteiger partial charge >= 0.3 is 23.1 Å². The van der Waals surface area contributed by atoms with Gasteiger partial charge < -0.3 is 14.2 Å². The molecule has 1 heterocycles. The zero-order valence-corrected chi connectivity index (χ0v) is 14.0. The summed E-state index contributed by atoms with van der Waals surface area (Å²) < 4.78 is 95.8. The molecule has 5 aliphatic rings. The number of carbonyl (C=O) groups excluding carboxylic acids is 1. The van der Waals surface area contributed by atoms with E-state index in [1.54, 1.807) is 0 Å². The number of esters is 1. The first kappa shape index (κ1) is 17.4. The van der Waals surface area contributed by atoms with Crippen molar-refractivity contribution in [2.24, 2.45) is 23.2 Å². The summed E-state index contributed by atoms with van der Waals surface area (Å²) >= 11 is 2.90. The van der Waals surface area contributed by atoms with Crippen LogP contribution in [-0.4, -0.2) is 47.7 Å². The van der Waals surface area contributed by atoms with Crippen molar-refractivity contribution in [2.75, 3.05) is 13.2 Å². The lowest BCUT2D eigenvalue weighted by Gasteiger charge is -2.66. The van der Waals surface area contributed by atoms with E-state index in [0.29, 0.717) is 12.8 Å². The summed E-state index contributed by atoms with van der Waals surface area (Å²) in [5.74, 6) is -13.1. The van der Waals surface area contributed by atoms with Crippen molar-refractivity contribution in [3.05, 3.63) is 0 Å². The normalized spacial score (nSPS) is 48.5. The number of alkyl halides is 6. The maximum Gasteiger partial charge on any atom is 0.388 e. The molecule has 11 heteroatoms. The summed E-state index contributed by atoms with van der Waals surface area (Å²) in [6.45, 7) is -2.96. The van der Waals surface area contributed by atoms with Crippen molar-refractivity contribution in [1.29, 1.82) is 0 Å². The van der Waals surface area contributed by atoms with Gasteiger partial charge in [-0.25, -0.2) is 4.79 Å². The SMILES string of the molecule is O=C(OC12CC3[C@H]4C(CC41C2)C31OCC(F)(F)C(F)(F)CO1)C(F)(F)S. The first-order chi connectivity index (χ1) is 11.8. The molecule has 5 rings (SSSR count). The van der Waals surface area contributed by atoms with Crippen LogP contribution in [0.15, 0.2) is 0 Å². The molecule has 1 aliphatic heterocycles. The number of rotatable bonds is 2. The molecule has 0 aromatic heterocycles. The van der Waals surface area contributed by atoms with Gasteiger partial charge in [0.25, 0.3) is 0 Å². The van der Waals surface area contributed by atoms with E-state index in [2.05, 4.69) is 12.6 Å². The lowest BCUT2D eigenvalue weighted by Crippen LogP contribution is -2.71. The predicted octanol–water partition coefficient (Wildman–Crippen LogP) is 2.86. The third-order valence-electron chi connectivity index (χ3n) is 7.08. The first-order valence-corrected chi connectivity index (χ1v) is 8.62. The third-order valence-corrected chi connectivity index (χ3v) is 7.27. The number of hydrogen-bond acceptors (Lipinski definition) is 5. The van der Waals surface area contributed by atoms with Crippen LogP contribution in [0.5, 0.6) is 0 Å². The number of hydrogen-bond donors (Lipinski definition) is 1. The van der Waals surface area contributed by atoms with Gasteiger partial charge in [-0.3, -0.25) is 0 Å². The van der Waals surface area contributed by atoms with Crippen LogP contribution in [0.2, 0.25) is 0 Å². The van der Waals surface area contributed by atoms with Crippen LogP contribution in [0.1, 0.15) is 19.3 Å². The molecular formula is C15H14F6O4S. The highest BCUT2D eigenvalue weighted by Gasteiger charge is 2.95.